The van der Waals surface area contributed by atoms with E-state index in [0.717, 1.165) is 6.20 Å². The highest BCUT2D eigenvalue weighted by Gasteiger charge is 2.25. The van der Waals surface area contributed by atoms with Gasteiger partial charge in [0.15, 0.2) is 0 Å². The number of halogens is 3. The van der Waals surface area contributed by atoms with E-state index in [4.69, 9.17) is 5.11 Å². The molecule has 0 aromatic carbocycles. The van der Waals surface area contributed by atoms with Crippen LogP contribution in [0.15, 0.2) is 18.5 Å². The average Bonchev–Trinajstić information content (AvgIpc) is 2.23. The minimum absolute atomic E-state index is 0.0560. The van der Waals surface area contributed by atoms with Crippen LogP contribution in [0.1, 0.15) is 23.2 Å². The molecule has 1 aromatic heterocycles. The Kier molecular flexibility index (Phi) is 4.30. The van der Waals surface area contributed by atoms with Crippen molar-refractivity contribution in [2.24, 2.45) is 0 Å². The quantitative estimate of drug-likeness (QED) is 0.786. The summed E-state index contributed by atoms with van der Waals surface area (Å²) in [5.41, 5.74) is 0.217. The molecule has 0 amide bonds. The third kappa shape index (κ3) is 4.71. The van der Waals surface area contributed by atoms with Gasteiger partial charge in [-0.3, -0.25) is 4.98 Å². The fraction of sp³-hybridized carbons (Fsp3) is 0.400. The average molecular weight is 248 g/mol. The van der Waals surface area contributed by atoms with Crippen molar-refractivity contribution >= 4 is 11.7 Å². The lowest BCUT2D eigenvalue weighted by Gasteiger charge is -2.10. The van der Waals surface area contributed by atoms with E-state index in [1.807, 2.05) is 0 Å². The van der Waals surface area contributed by atoms with Crippen LogP contribution in [0, 0.1) is 0 Å². The molecular formula is C10H11F3N2O2. The number of carboxylic acid groups (broad SMARTS) is 1. The number of hydrogen-bond donors (Lipinski definition) is 2. The Hall–Kier alpha value is -1.79. The van der Waals surface area contributed by atoms with Crippen LogP contribution in [0.2, 0.25) is 0 Å². The summed E-state index contributed by atoms with van der Waals surface area (Å²) in [7, 11) is 0. The standard InChI is InChI=1S/C10H11F3N2O2/c11-10(12,13)3-1-4-15-8-2-5-14-6-7(8)9(16)17/h2,5-6H,1,3-4H2,(H,14,15)(H,16,17). The summed E-state index contributed by atoms with van der Waals surface area (Å²) in [6.45, 7) is 0.0593. The van der Waals surface area contributed by atoms with Crippen LogP contribution in [0.3, 0.4) is 0 Å². The number of nitrogens with one attached hydrogen (secondary N) is 1. The van der Waals surface area contributed by atoms with Gasteiger partial charge < -0.3 is 10.4 Å². The zero-order valence-electron chi connectivity index (χ0n) is 8.79. The number of aromatic carboxylic acids is 1. The molecule has 17 heavy (non-hydrogen) atoms. The molecule has 0 unspecified atom stereocenters. The number of carbonyl (C=O) groups is 1. The Bertz CT molecular complexity index is 393. The van der Waals surface area contributed by atoms with Gasteiger partial charge in [-0.1, -0.05) is 0 Å². The van der Waals surface area contributed by atoms with Crippen molar-refractivity contribution in [2.75, 3.05) is 11.9 Å². The van der Waals surface area contributed by atoms with Crippen LogP contribution in [0.25, 0.3) is 0 Å². The molecule has 4 nitrogen and oxygen atoms in total. The molecule has 0 saturated carbocycles. The zero-order valence-corrected chi connectivity index (χ0v) is 8.79. The van der Waals surface area contributed by atoms with Crippen LogP contribution < -0.4 is 5.32 Å². The number of carboxylic acids is 1. The van der Waals surface area contributed by atoms with Crippen molar-refractivity contribution < 1.29 is 23.1 Å². The highest BCUT2D eigenvalue weighted by Crippen LogP contribution is 2.21. The van der Waals surface area contributed by atoms with E-state index < -0.39 is 18.6 Å². The molecule has 2 N–H and O–H groups in total. The Morgan fingerprint density at radius 3 is 2.76 bits per heavy atom. The molecule has 1 rings (SSSR count). The Morgan fingerprint density at radius 1 is 1.47 bits per heavy atom. The van der Waals surface area contributed by atoms with Gasteiger partial charge in [0, 0.05) is 25.4 Å². The largest absolute Gasteiger partial charge is 0.478 e. The number of rotatable bonds is 5. The third-order valence-corrected chi connectivity index (χ3v) is 2.00. The lowest BCUT2D eigenvalue weighted by atomic mass is 10.2. The molecule has 0 atom stereocenters. The summed E-state index contributed by atoms with van der Waals surface area (Å²) >= 11 is 0. The number of nitrogens with zero attached hydrogens (tertiary/aromatic N) is 1. The van der Waals surface area contributed by atoms with Gasteiger partial charge in [-0.2, -0.15) is 13.2 Å². The van der Waals surface area contributed by atoms with Gasteiger partial charge in [0.25, 0.3) is 0 Å². The summed E-state index contributed by atoms with van der Waals surface area (Å²) in [4.78, 5) is 14.4. The molecule has 0 bridgehead atoms. The van der Waals surface area contributed by atoms with Crippen molar-refractivity contribution in [3.63, 3.8) is 0 Å². The Morgan fingerprint density at radius 2 is 2.18 bits per heavy atom. The lowest BCUT2D eigenvalue weighted by molar-refractivity contribution is -0.134. The van der Waals surface area contributed by atoms with Gasteiger partial charge in [-0.25, -0.2) is 4.79 Å². The van der Waals surface area contributed by atoms with E-state index in [0.29, 0.717) is 0 Å². The minimum atomic E-state index is -4.18. The van der Waals surface area contributed by atoms with Gasteiger partial charge in [-0.15, -0.1) is 0 Å². The van der Waals surface area contributed by atoms with Gasteiger partial charge in [-0.05, 0) is 12.5 Å². The van der Waals surface area contributed by atoms with Gasteiger partial charge >= 0.3 is 12.1 Å². The molecule has 0 radical (unpaired) electrons. The van der Waals surface area contributed by atoms with Crippen LogP contribution in [-0.4, -0.2) is 28.8 Å². The number of hydrogen-bond acceptors (Lipinski definition) is 3. The molecule has 1 aromatic rings. The Balaban J connectivity index is 2.49. The highest BCUT2D eigenvalue weighted by molar-refractivity contribution is 5.93. The maximum atomic E-state index is 11.9. The van der Waals surface area contributed by atoms with E-state index in [1.165, 1.54) is 12.3 Å². The van der Waals surface area contributed by atoms with E-state index in [1.54, 1.807) is 0 Å². The lowest BCUT2D eigenvalue weighted by Crippen LogP contribution is -2.12. The number of aromatic nitrogens is 1. The molecular weight excluding hydrogens is 237 g/mol. The monoisotopic (exact) mass is 248 g/mol. The second-order valence-corrected chi connectivity index (χ2v) is 3.37. The topological polar surface area (TPSA) is 62.2 Å². The maximum Gasteiger partial charge on any atom is 0.389 e. The second kappa shape index (κ2) is 5.51. The number of anilines is 1. The normalized spacial score (nSPS) is 11.2. The maximum absolute atomic E-state index is 11.9. The molecule has 0 spiro atoms. The van der Waals surface area contributed by atoms with Crippen LogP contribution >= 0.6 is 0 Å². The fourth-order valence-corrected chi connectivity index (χ4v) is 1.23. The molecule has 7 heteroatoms. The van der Waals surface area contributed by atoms with Crippen molar-refractivity contribution in [1.82, 2.24) is 4.98 Å². The number of alkyl halides is 3. The van der Waals surface area contributed by atoms with E-state index >= 15 is 0 Å². The summed E-state index contributed by atoms with van der Waals surface area (Å²) < 4.78 is 35.6. The van der Waals surface area contributed by atoms with Gasteiger partial charge in [0.05, 0.1) is 5.69 Å². The fourth-order valence-electron chi connectivity index (χ4n) is 1.23. The molecule has 0 aliphatic rings. The minimum Gasteiger partial charge on any atom is -0.478 e. The highest BCUT2D eigenvalue weighted by atomic mass is 19.4. The first-order valence-electron chi connectivity index (χ1n) is 4.88. The first kappa shape index (κ1) is 13.3. The van der Waals surface area contributed by atoms with Gasteiger partial charge in [0.1, 0.15) is 5.56 Å². The predicted molar refractivity (Wildman–Crippen MR) is 55.0 cm³/mol. The van der Waals surface area contributed by atoms with Crippen molar-refractivity contribution in [3.05, 3.63) is 24.0 Å². The SMILES string of the molecule is O=C(O)c1cnccc1NCCCC(F)(F)F. The van der Waals surface area contributed by atoms with Gasteiger partial charge in [0.2, 0.25) is 0 Å². The second-order valence-electron chi connectivity index (χ2n) is 3.37. The molecule has 0 aliphatic heterocycles. The molecule has 1 heterocycles. The van der Waals surface area contributed by atoms with Crippen molar-refractivity contribution in [2.45, 2.75) is 19.0 Å². The molecule has 0 fully saturated rings. The molecule has 0 aliphatic carbocycles. The predicted octanol–water partition coefficient (Wildman–Crippen LogP) is 2.53. The van der Waals surface area contributed by atoms with Crippen LogP contribution in [0.5, 0.6) is 0 Å². The summed E-state index contributed by atoms with van der Waals surface area (Å²) in [5.74, 6) is -1.17. The van der Waals surface area contributed by atoms with Crippen LogP contribution in [-0.2, 0) is 0 Å². The van der Waals surface area contributed by atoms with Crippen molar-refractivity contribution in [3.8, 4) is 0 Å². The van der Waals surface area contributed by atoms with E-state index in [9.17, 15) is 18.0 Å². The summed E-state index contributed by atoms with van der Waals surface area (Å²) in [5, 5.41) is 11.4. The smallest absolute Gasteiger partial charge is 0.389 e. The summed E-state index contributed by atoms with van der Waals surface area (Å²) in [6, 6.07) is 1.41. The van der Waals surface area contributed by atoms with Crippen molar-refractivity contribution in [1.29, 1.82) is 0 Å². The zero-order chi connectivity index (χ0) is 12.9. The molecule has 94 valence electrons. The molecule has 0 saturated heterocycles. The first-order chi connectivity index (χ1) is 7.90. The first-order valence-corrected chi connectivity index (χ1v) is 4.88. The summed E-state index contributed by atoms with van der Waals surface area (Å²) in [6.07, 6.45) is -2.67. The third-order valence-electron chi connectivity index (χ3n) is 2.00. The Labute approximate surface area is 95.5 Å². The van der Waals surface area contributed by atoms with E-state index in [-0.39, 0.29) is 24.2 Å². The van der Waals surface area contributed by atoms with E-state index in [2.05, 4.69) is 10.3 Å². The van der Waals surface area contributed by atoms with Crippen LogP contribution in [0.4, 0.5) is 18.9 Å². The number of pyridine rings is 1.